The lowest BCUT2D eigenvalue weighted by Crippen LogP contribution is -2.04. The van der Waals surface area contributed by atoms with Gasteiger partial charge >= 0.3 is 5.97 Å². The van der Waals surface area contributed by atoms with Gasteiger partial charge in [-0.05, 0) is 22.0 Å². The highest BCUT2D eigenvalue weighted by Gasteiger charge is 2.18. The Kier molecular flexibility index (Phi) is 2.51. The molecule has 3 nitrogen and oxygen atoms in total. The van der Waals surface area contributed by atoms with Crippen LogP contribution in [0.1, 0.15) is 10.4 Å². The molecule has 3 N–H and O–H groups in total. The second-order valence-corrected chi connectivity index (χ2v) is 3.05. The third-order valence-corrected chi connectivity index (χ3v) is 2.18. The molecule has 0 radical (unpaired) electrons. The van der Waals surface area contributed by atoms with E-state index in [9.17, 15) is 13.6 Å². The minimum atomic E-state index is -1.38. The number of carboxylic acid groups (broad SMARTS) is 1. The average Bonchev–Trinajstić information content (AvgIpc) is 2.07. The number of halogens is 3. The largest absolute Gasteiger partial charge is 0.478 e. The maximum Gasteiger partial charge on any atom is 0.337 e. The van der Waals surface area contributed by atoms with Crippen LogP contribution in [0.5, 0.6) is 0 Å². The summed E-state index contributed by atoms with van der Waals surface area (Å²) < 4.78 is 25.1. The summed E-state index contributed by atoms with van der Waals surface area (Å²) in [6, 6.07) is 0.852. The topological polar surface area (TPSA) is 63.3 Å². The predicted octanol–water partition coefficient (Wildman–Crippen LogP) is 2.01. The second kappa shape index (κ2) is 3.29. The van der Waals surface area contributed by atoms with Gasteiger partial charge in [0, 0.05) is 0 Å². The van der Waals surface area contributed by atoms with Gasteiger partial charge in [-0.1, -0.05) is 0 Å². The molecule has 0 saturated heterocycles. The fourth-order valence-corrected chi connectivity index (χ4v) is 1.24. The first-order valence-corrected chi connectivity index (χ1v) is 3.90. The van der Waals surface area contributed by atoms with E-state index >= 15 is 0 Å². The number of benzene rings is 1. The van der Waals surface area contributed by atoms with Crippen molar-refractivity contribution in [1.82, 2.24) is 0 Å². The lowest BCUT2D eigenvalue weighted by Gasteiger charge is -2.03. The number of hydrogen-bond donors (Lipinski definition) is 2. The number of carbonyl (C=O) groups is 1. The SMILES string of the molecule is Nc1cc(C(=O)O)c(Br)c(F)c1F. The number of rotatable bonds is 1. The number of carboxylic acids is 1. The lowest BCUT2D eigenvalue weighted by atomic mass is 10.2. The summed E-state index contributed by atoms with van der Waals surface area (Å²) in [5, 5.41) is 8.53. The van der Waals surface area contributed by atoms with Crippen molar-refractivity contribution < 1.29 is 18.7 Å². The van der Waals surface area contributed by atoms with Crippen molar-refractivity contribution in [1.29, 1.82) is 0 Å². The first-order valence-electron chi connectivity index (χ1n) is 3.11. The van der Waals surface area contributed by atoms with Crippen LogP contribution in [0, 0.1) is 11.6 Å². The van der Waals surface area contributed by atoms with Gasteiger partial charge in [-0.2, -0.15) is 0 Å². The maximum absolute atomic E-state index is 12.8. The van der Waals surface area contributed by atoms with Crippen LogP contribution in [-0.2, 0) is 0 Å². The van der Waals surface area contributed by atoms with Gasteiger partial charge in [-0.25, -0.2) is 13.6 Å². The molecular weight excluding hydrogens is 248 g/mol. The van der Waals surface area contributed by atoms with Crippen LogP contribution < -0.4 is 5.73 Å². The molecule has 0 aromatic heterocycles. The highest BCUT2D eigenvalue weighted by molar-refractivity contribution is 9.10. The van der Waals surface area contributed by atoms with Gasteiger partial charge in [-0.3, -0.25) is 0 Å². The Hall–Kier alpha value is -1.17. The number of nitrogen functional groups attached to an aromatic ring is 1. The molecule has 13 heavy (non-hydrogen) atoms. The van der Waals surface area contributed by atoms with E-state index in [1.54, 1.807) is 0 Å². The van der Waals surface area contributed by atoms with Gasteiger partial charge in [0.1, 0.15) is 0 Å². The Morgan fingerprint density at radius 3 is 2.46 bits per heavy atom. The van der Waals surface area contributed by atoms with E-state index in [-0.39, 0.29) is 0 Å². The molecule has 0 aliphatic heterocycles. The molecular formula is C7H4BrF2NO2. The number of nitrogens with two attached hydrogens (primary N) is 1. The highest BCUT2D eigenvalue weighted by atomic mass is 79.9. The molecule has 0 amide bonds. The fraction of sp³-hybridized carbons (Fsp3) is 0. The van der Waals surface area contributed by atoms with Crippen LogP contribution in [0.15, 0.2) is 10.5 Å². The molecule has 0 fully saturated rings. The molecule has 0 atom stereocenters. The fourth-order valence-electron chi connectivity index (χ4n) is 0.779. The molecule has 0 spiro atoms. The molecule has 0 aliphatic carbocycles. The highest BCUT2D eigenvalue weighted by Crippen LogP contribution is 2.27. The molecule has 70 valence electrons. The first-order chi connectivity index (χ1) is 5.95. The summed E-state index contributed by atoms with van der Waals surface area (Å²) in [7, 11) is 0. The quantitative estimate of drug-likeness (QED) is 0.593. The summed E-state index contributed by atoms with van der Waals surface area (Å²) in [4.78, 5) is 10.5. The smallest absolute Gasteiger partial charge is 0.337 e. The van der Waals surface area contributed by atoms with Gasteiger partial charge in [0.05, 0.1) is 15.7 Å². The third-order valence-electron chi connectivity index (χ3n) is 1.41. The van der Waals surface area contributed by atoms with Crippen molar-refractivity contribution in [3.05, 3.63) is 27.7 Å². The maximum atomic E-state index is 12.8. The monoisotopic (exact) mass is 251 g/mol. The Bertz CT molecular complexity index is 381. The van der Waals surface area contributed by atoms with E-state index in [1.807, 2.05) is 0 Å². The van der Waals surface area contributed by atoms with Gasteiger partial charge in [0.2, 0.25) is 0 Å². The van der Waals surface area contributed by atoms with E-state index in [2.05, 4.69) is 15.9 Å². The van der Waals surface area contributed by atoms with Crippen molar-refractivity contribution >= 4 is 27.6 Å². The van der Waals surface area contributed by atoms with Gasteiger partial charge < -0.3 is 10.8 Å². The zero-order valence-electron chi connectivity index (χ0n) is 6.14. The molecule has 1 aromatic carbocycles. The van der Waals surface area contributed by atoms with Gasteiger partial charge in [-0.15, -0.1) is 0 Å². The summed E-state index contributed by atoms with van der Waals surface area (Å²) in [5.74, 6) is -3.92. The second-order valence-electron chi connectivity index (χ2n) is 2.26. The van der Waals surface area contributed by atoms with Crippen molar-refractivity contribution in [2.45, 2.75) is 0 Å². The van der Waals surface area contributed by atoms with Gasteiger partial charge in [0.25, 0.3) is 0 Å². The zero-order chi connectivity index (χ0) is 10.2. The van der Waals surface area contributed by atoms with Crippen molar-refractivity contribution in [2.24, 2.45) is 0 Å². The van der Waals surface area contributed by atoms with Crippen LogP contribution >= 0.6 is 15.9 Å². The van der Waals surface area contributed by atoms with Crippen molar-refractivity contribution in [3.63, 3.8) is 0 Å². The Morgan fingerprint density at radius 1 is 1.46 bits per heavy atom. The minimum absolute atomic E-state index is 0.406. The number of aromatic carboxylic acids is 1. The Labute approximate surface area is 80.3 Å². The molecule has 6 heteroatoms. The summed E-state index contributed by atoms with van der Waals surface area (Å²) in [6.45, 7) is 0. The molecule has 0 saturated carbocycles. The lowest BCUT2D eigenvalue weighted by molar-refractivity contribution is 0.0695. The van der Waals surface area contributed by atoms with E-state index in [4.69, 9.17) is 10.8 Å². The molecule has 0 aliphatic rings. The summed E-state index contributed by atoms with van der Waals surface area (Å²) >= 11 is 2.61. The standard InChI is InChI=1S/C7H4BrF2NO2/c8-4-2(7(12)13)1-3(11)5(9)6(4)10/h1H,11H2,(H,12,13). The molecule has 1 aromatic rings. The van der Waals surface area contributed by atoms with Gasteiger partial charge in [0.15, 0.2) is 11.6 Å². The van der Waals surface area contributed by atoms with Crippen LogP contribution in [0.25, 0.3) is 0 Å². The van der Waals surface area contributed by atoms with E-state index in [0.29, 0.717) is 0 Å². The zero-order valence-corrected chi connectivity index (χ0v) is 7.73. The van der Waals surface area contributed by atoms with E-state index in [1.165, 1.54) is 0 Å². The van der Waals surface area contributed by atoms with E-state index < -0.39 is 33.3 Å². The normalized spacial score (nSPS) is 10.1. The molecule has 0 unspecified atom stereocenters. The summed E-state index contributed by atoms with van der Waals surface area (Å²) in [5.41, 5.74) is 4.09. The van der Waals surface area contributed by atoms with Crippen LogP contribution in [0.3, 0.4) is 0 Å². The predicted molar refractivity (Wildman–Crippen MR) is 45.4 cm³/mol. The number of hydrogen-bond acceptors (Lipinski definition) is 2. The molecule has 0 bridgehead atoms. The minimum Gasteiger partial charge on any atom is -0.478 e. The first kappa shape index (κ1) is 9.91. The average molecular weight is 252 g/mol. The molecule has 1 rings (SSSR count). The van der Waals surface area contributed by atoms with Crippen LogP contribution in [0.4, 0.5) is 14.5 Å². The van der Waals surface area contributed by atoms with E-state index in [0.717, 1.165) is 6.07 Å². The Morgan fingerprint density at radius 2 is 2.00 bits per heavy atom. The Balaban J connectivity index is 3.50. The van der Waals surface area contributed by atoms with Crippen molar-refractivity contribution in [2.75, 3.05) is 5.73 Å². The summed E-state index contributed by atoms with van der Waals surface area (Å²) in [6.07, 6.45) is 0. The van der Waals surface area contributed by atoms with Crippen molar-refractivity contribution in [3.8, 4) is 0 Å². The van der Waals surface area contributed by atoms with Crippen LogP contribution in [0.2, 0.25) is 0 Å². The molecule has 0 heterocycles. The third kappa shape index (κ3) is 1.62. The van der Waals surface area contributed by atoms with Crippen LogP contribution in [-0.4, -0.2) is 11.1 Å². The number of anilines is 1.